The molecule has 1 aromatic heterocycles. The van der Waals surface area contributed by atoms with Crippen molar-refractivity contribution in [2.75, 3.05) is 5.75 Å². The highest BCUT2D eigenvalue weighted by Crippen LogP contribution is 2.22. The maximum absolute atomic E-state index is 12.7. The van der Waals surface area contributed by atoms with Crippen molar-refractivity contribution in [1.29, 1.82) is 0 Å². The molecule has 1 atom stereocenters. The molecule has 1 saturated carbocycles. The summed E-state index contributed by atoms with van der Waals surface area (Å²) < 4.78 is 1.89. The predicted molar refractivity (Wildman–Crippen MR) is 118 cm³/mol. The van der Waals surface area contributed by atoms with Crippen molar-refractivity contribution < 1.29 is 9.59 Å². The molecule has 1 aromatic carbocycles. The van der Waals surface area contributed by atoms with Gasteiger partial charge >= 0.3 is 0 Å². The van der Waals surface area contributed by atoms with Gasteiger partial charge in [0.05, 0.1) is 11.8 Å². The molecule has 30 heavy (non-hydrogen) atoms. The van der Waals surface area contributed by atoms with E-state index in [4.69, 9.17) is 0 Å². The molecular formula is C22H29N5O2S. The molecule has 2 amide bonds. The van der Waals surface area contributed by atoms with Gasteiger partial charge in [0.25, 0.3) is 5.91 Å². The van der Waals surface area contributed by atoms with E-state index in [0.717, 1.165) is 18.4 Å². The standard InChI is InChI=1S/C22H29N5O2S/c1-4-13-27-20(16(3)23-21(29)18-12-8-5-9-15(18)2)25-26-22(27)30-14-19(28)24-17-10-6-7-11-17/h4-5,8-9,12,16-17H,1,6-7,10-11,13-14H2,2-3H3,(H,23,29)(H,24,28)/t16-/m1/s1. The van der Waals surface area contributed by atoms with Crippen molar-refractivity contribution >= 4 is 23.6 Å². The molecule has 1 fully saturated rings. The molecule has 0 radical (unpaired) electrons. The first-order valence-corrected chi connectivity index (χ1v) is 11.3. The number of carbonyl (C=O) groups excluding carboxylic acids is 2. The molecule has 160 valence electrons. The smallest absolute Gasteiger partial charge is 0.252 e. The molecular weight excluding hydrogens is 398 g/mol. The molecule has 1 aliphatic carbocycles. The topological polar surface area (TPSA) is 88.9 Å². The van der Waals surface area contributed by atoms with Crippen molar-refractivity contribution in [2.45, 2.75) is 63.3 Å². The van der Waals surface area contributed by atoms with E-state index in [1.54, 1.807) is 12.1 Å². The fourth-order valence-corrected chi connectivity index (χ4v) is 4.43. The van der Waals surface area contributed by atoms with Crippen LogP contribution in [0, 0.1) is 6.92 Å². The second kappa shape index (κ2) is 10.4. The predicted octanol–water partition coefficient (Wildman–Crippen LogP) is 3.41. The molecule has 0 aliphatic heterocycles. The summed E-state index contributed by atoms with van der Waals surface area (Å²) in [6.45, 7) is 8.09. The maximum atomic E-state index is 12.7. The van der Waals surface area contributed by atoms with E-state index >= 15 is 0 Å². The number of hydrogen-bond donors (Lipinski definition) is 2. The summed E-state index contributed by atoms with van der Waals surface area (Å²) in [7, 11) is 0. The summed E-state index contributed by atoms with van der Waals surface area (Å²) in [4.78, 5) is 24.9. The Labute approximate surface area is 181 Å². The fraction of sp³-hybridized carbons (Fsp3) is 0.455. The van der Waals surface area contributed by atoms with Crippen LogP contribution in [0.15, 0.2) is 42.1 Å². The molecule has 2 N–H and O–H groups in total. The van der Waals surface area contributed by atoms with Crippen molar-refractivity contribution in [3.63, 3.8) is 0 Å². The first kappa shape index (κ1) is 22.1. The summed E-state index contributed by atoms with van der Waals surface area (Å²) in [6.07, 6.45) is 6.24. The zero-order valence-corrected chi connectivity index (χ0v) is 18.4. The van der Waals surface area contributed by atoms with Crippen LogP contribution >= 0.6 is 11.8 Å². The molecule has 0 spiro atoms. The third-order valence-electron chi connectivity index (χ3n) is 5.23. The summed E-state index contributed by atoms with van der Waals surface area (Å²) in [5.74, 6) is 0.785. The van der Waals surface area contributed by atoms with Gasteiger partial charge in [-0.1, -0.05) is 48.9 Å². The maximum Gasteiger partial charge on any atom is 0.252 e. The fourth-order valence-electron chi connectivity index (χ4n) is 3.66. The molecule has 2 aromatic rings. The Morgan fingerprint density at radius 2 is 2.03 bits per heavy atom. The minimum Gasteiger partial charge on any atom is -0.353 e. The molecule has 0 unspecified atom stereocenters. The minimum atomic E-state index is -0.341. The number of amides is 2. The first-order chi connectivity index (χ1) is 14.5. The van der Waals surface area contributed by atoms with Gasteiger partial charge in [0, 0.05) is 18.2 Å². The van der Waals surface area contributed by atoms with Crippen molar-refractivity contribution in [2.24, 2.45) is 0 Å². The Morgan fingerprint density at radius 3 is 2.73 bits per heavy atom. The third kappa shape index (κ3) is 5.50. The molecule has 3 rings (SSSR count). The first-order valence-electron chi connectivity index (χ1n) is 10.3. The van der Waals surface area contributed by atoms with Crippen molar-refractivity contribution in [3.05, 3.63) is 53.9 Å². The van der Waals surface area contributed by atoms with Gasteiger partial charge in [-0.25, -0.2) is 0 Å². The Bertz CT molecular complexity index is 905. The minimum absolute atomic E-state index is 0.0162. The van der Waals surface area contributed by atoms with Gasteiger partial charge in [-0.05, 0) is 38.3 Å². The summed E-state index contributed by atoms with van der Waals surface area (Å²) in [5.41, 5.74) is 1.55. The monoisotopic (exact) mass is 427 g/mol. The molecule has 1 aliphatic rings. The van der Waals surface area contributed by atoms with Crippen LogP contribution in [-0.4, -0.2) is 38.4 Å². The molecule has 0 saturated heterocycles. The highest BCUT2D eigenvalue weighted by Gasteiger charge is 2.22. The lowest BCUT2D eigenvalue weighted by atomic mass is 10.1. The van der Waals surface area contributed by atoms with Gasteiger partial charge < -0.3 is 15.2 Å². The van der Waals surface area contributed by atoms with Crippen LogP contribution < -0.4 is 10.6 Å². The molecule has 0 bridgehead atoms. The van der Waals surface area contributed by atoms with Crippen LogP contribution in [0.2, 0.25) is 0 Å². The number of aryl methyl sites for hydroxylation is 1. The van der Waals surface area contributed by atoms with Gasteiger partial charge in [0.15, 0.2) is 11.0 Å². The van der Waals surface area contributed by atoms with Crippen LogP contribution in [-0.2, 0) is 11.3 Å². The second-order valence-corrected chi connectivity index (χ2v) is 8.53. The van der Waals surface area contributed by atoms with Crippen LogP contribution in [0.25, 0.3) is 0 Å². The summed E-state index contributed by atoms with van der Waals surface area (Å²) in [6, 6.07) is 7.42. The number of rotatable bonds is 9. The number of aromatic nitrogens is 3. The van der Waals surface area contributed by atoms with Crippen LogP contribution in [0.1, 0.15) is 60.4 Å². The highest BCUT2D eigenvalue weighted by molar-refractivity contribution is 7.99. The second-order valence-electron chi connectivity index (χ2n) is 7.59. The number of hydrogen-bond acceptors (Lipinski definition) is 5. The third-order valence-corrected chi connectivity index (χ3v) is 6.20. The Morgan fingerprint density at radius 1 is 1.30 bits per heavy atom. The Hall–Kier alpha value is -2.61. The van der Waals surface area contributed by atoms with E-state index in [9.17, 15) is 9.59 Å². The van der Waals surface area contributed by atoms with E-state index in [0.29, 0.717) is 29.1 Å². The Balaban J connectivity index is 1.65. The van der Waals surface area contributed by atoms with Crippen molar-refractivity contribution in [1.82, 2.24) is 25.4 Å². The summed E-state index contributed by atoms with van der Waals surface area (Å²) in [5, 5.41) is 15.3. The van der Waals surface area contributed by atoms with Gasteiger partial charge in [0.2, 0.25) is 5.91 Å². The number of nitrogens with one attached hydrogen (secondary N) is 2. The van der Waals surface area contributed by atoms with E-state index < -0.39 is 0 Å². The van der Waals surface area contributed by atoms with E-state index in [2.05, 4.69) is 27.4 Å². The molecule has 8 heteroatoms. The summed E-state index contributed by atoms with van der Waals surface area (Å²) >= 11 is 1.35. The SMILES string of the molecule is C=CCn1c(SCC(=O)NC2CCCC2)nnc1[C@@H](C)NC(=O)c1ccccc1C. The zero-order valence-electron chi connectivity index (χ0n) is 17.6. The van der Waals surface area contributed by atoms with E-state index in [1.165, 1.54) is 24.6 Å². The van der Waals surface area contributed by atoms with Crippen LogP contribution in [0.4, 0.5) is 0 Å². The zero-order chi connectivity index (χ0) is 21.5. The lowest BCUT2D eigenvalue weighted by Gasteiger charge is -2.16. The quantitative estimate of drug-likeness (QED) is 0.473. The lowest BCUT2D eigenvalue weighted by Crippen LogP contribution is -2.33. The van der Waals surface area contributed by atoms with Gasteiger partial charge in [0.1, 0.15) is 0 Å². The molecule has 7 nitrogen and oxygen atoms in total. The van der Waals surface area contributed by atoms with Gasteiger partial charge in [-0.3, -0.25) is 9.59 Å². The van der Waals surface area contributed by atoms with E-state index in [-0.39, 0.29) is 23.6 Å². The number of benzene rings is 1. The number of thioether (sulfide) groups is 1. The Kier molecular flexibility index (Phi) is 7.68. The number of carbonyl (C=O) groups is 2. The normalized spacial score (nSPS) is 15.0. The lowest BCUT2D eigenvalue weighted by molar-refractivity contribution is -0.119. The van der Waals surface area contributed by atoms with Crippen LogP contribution in [0.3, 0.4) is 0 Å². The van der Waals surface area contributed by atoms with Crippen molar-refractivity contribution in [3.8, 4) is 0 Å². The average molecular weight is 428 g/mol. The number of nitrogens with zero attached hydrogens (tertiary/aromatic N) is 3. The van der Waals surface area contributed by atoms with E-state index in [1.807, 2.05) is 36.6 Å². The highest BCUT2D eigenvalue weighted by atomic mass is 32.2. The van der Waals surface area contributed by atoms with Crippen LogP contribution in [0.5, 0.6) is 0 Å². The molecule has 1 heterocycles. The van der Waals surface area contributed by atoms with Gasteiger partial charge in [-0.15, -0.1) is 16.8 Å². The van der Waals surface area contributed by atoms with Gasteiger partial charge in [-0.2, -0.15) is 0 Å². The number of allylic oxidation sites excluding steroid dienone is 1. The average Bonchev–Trinajstić information content (AvgIpc) is 3.37. The largest absolute Gasteiger partial charge is 0.353 e.